The monoisotopic (exact) mass is 693 g/mol. The Bertz CT molecular complexity index is 2090. The van der Waals surface area contributed by atoms with Crippen LogP contribution in [0.4, 0.5) is 14.5 Å². The first kappa shape index (κ1) is 34.9. The Balaban J connectivity index is 1.59. The third-order valence-corrected chi connectivity index (χ3v) is 11.0. The van der Waals surface area contributed by atoms with E-state index in [-0.39, 0.29) is 46.4 Å². The maximum atomic E-state index is 14.7. The Morgan fingerprint density at radius 2 is 1.62 bits per heavy atom. The van der Waals surface area contributed by atoms with E-state index in [9.17, 15) is 26.8 Å². The Morgan fingerprint density at radius 1 is 0.979 bits per heavy atom. The number of halogens is 2. The molecule has 5 aromatic rings. The van der Waals surface area contributed by atoms with E-state index < -0.39 is 31.9 Å². The van der Waals surface area contributed by atoms with Crippen molar-refractivity contribution < 1.29 is 26.2 Å². The van der Waals surface area contributed by atoms with Gasteiger partial charge in [-0.2, -0.15) is 8.42 Å². The molecule has 0 saturated heterocycles. The van der Waals surface area contributed by atoms with Crippen LogP contribution in [-0.2, 0) is 28.0 Å². The van der Waals surface area contributed by atoms with Crippen LogP contribution in [0.15, 0.2) is 89.9 Å². The summed E-state index contributed by atoms with van der Waals surface area (Å²) in [5.74, 6) is -2.08. The number of pyridine rings is 1. The molecule has 8 nitrogen and oxygen atoms in total. The minimum absolute atomic E-state index is 0.0246. The lowest BCUT2D eigenvalue weighted by molar-refractivity contribution is -0.118. The summed E-state index contributed by atoms with van der Waals surface area (Å²) in [7, 11) is -2.57. The third-order valence-electron chi connectivity index (χ3n) is 7.90. The highest BCUT2D eigenvalue weighted by atomic mass is 32.2. The molecule has 48 heavy (non-hydrogen) atoms. The Hall–Kier alpha value is -4.39. The highest BCUT2D eigenvalue weighted by Gasteiger charge is 2.39. The Kier molecular flexibility index (Phi) is 10.2. The van der Waals surface area contributed by atoms with Crippen molar-refractivity contribution in [3.63, 3.8) is 0 Å². The normalized spacial score (nSPS) is 12.2. The van der Waals surface area contributed by atoms with E-state index in [0.29, 0.717) is 22.7 Å². The number of nitrogens with zero attached hydrogens (tertiary/aromatic N) is 2. The predicted molar refractivity (Wildman–Crippen MR) is 187 cm³/mol. The zero-order valence-electron chi connectivity index (χ0n) is 27.3. The molecular weight excluding hydrogens is 657 g/mol. The predicted octanol–water partition coefficient (Wildman–Crippen LogP) is 7.27. The molecule has 0 aliphatic heterocycles. The van der Waals surface area contributed by atoms with E-state index in [2.05, 4.69) is 5.32 Å². The number of thiophene rings is 1. The van der Waals surface area contributed by atoms with Crippen LogP contribution in [0.5, 0.6) is 5.75 Å². The lowest BCUT2D eigenvalue weighted by atomic mass is 10.1. The first-order valence-corrected chi connectivity index (χ1v) is 17.6. The molecule has 0 atom stereocenters. The third kappa shape index (κ3) is 7.51. The summed E-state index contributed by atoms with van der Waals surface area (Å²) >= 11 is 1.07. The molecule has 1 amide bonds. The van der Waals surface area contributed by atoms with E-state index in [1.807, 2.05) is 42.3 Å². The lowest BCUT2D eigenvalue weighted by Gasteiger charge is -2.29. The summed E-state index contributed by atoms with van der Waals surface area (Å²) < 4.78 is 63.5. The number of amides is 1. The van der Waals surface area contributed by atoms with Gasteiger partial charge < -0.3 is 19.0 Å². The molecule has 0 aliphatic carbocycles. The molecule has 3 aromatic carbocycles. The minimum Gasteiger partial charge on any atom is -0.380 e. The van der Waals surface area contributed by atoms with Crippen LogP contribution in [0.1, 0.15) is 38.8 Å². The summed E-state index contributed by atoms with van der Waals surface area (Å²) in [5.41, 5.74) is 1.35. The van der Waals surface area contributed by atoms with E-state index in [4.69, 9.17) is 4.18 Å². The van der Waals surface area contributed by atoms with Crippen LogP contribution in [0.25, 0.3) is 20.7 Å². The highest BCUT2D eigenvalue weighted by Crippen LogP contribution is 2.45. The second-order valence-corrected chi connectivity index (χ2v) is 15.8. The fraction of sp³-hybridized carbons (Fsp3) is 0.278. The van der Waals surface area contributed by atoms with E-state index in [1.54, 1.807) is 52.0 Å². The number of anilines is 1. The number of rotatable bonds is 12. The van der Waals surface area contributed by atoms with Gasteiger partial charge in [0.2, 0.25) is 5.91 Å². The van der Waals surface area contributed by atoms with Gasteiger partial charge in [-0.25, -0.2) is 8.78 Å². The number of nitrogens with one attached hydrogen (secondary N) is 1. The molecule has 0 unspecified atom stereocenters. The van der Waals surface area contributed by atoms with Crippen molar-refractivity contribution in [2.75, 3.05) is 18.9 Å². The maximum absolute atomic E-state index is 14.7. The zero-order valence-corrected chi connectivity index (χ0v) is 28.9. The van der Waals surface area contributed by atoms with Crippen molar-refractivity contribution in [1.82, 2.24) is 9.47 Å². The Morgan fingerprint density at radius 3 is 2.25 bits per heavy atom. The second kappa shape index (κ2) is 14.0. The van der Waals surface area contributed by atoms with Gasteiger partial charge in [-0.15, -0.1) is 11.3 Å². The molecule has 5 rings (SSSR count). The van der Waals surface area contributed by atoms with Gasteiger partial charge in [0.05, 0.1) is 11.4 Å². The van der Waals surface area contributed by atoms with Gasteiger partial charge in [-0.3, -0.25) is 9.59 Å². The molecule has 0 radical (unpaired) electrons. The molecule has 0 saturated carbocycles. The van der Waals surface area contributed by atoms with Crippen LogP contribution in [0.2, 0.25) is 0 Å². The quantitative estimate of drug-likeness (QED) is 0.138. The van der Waals surface area contributed by atoms with E-state index >= 15 is 0 Å². The van der Waals surface area contributed by atoms with Crippen molar-refractivity contribution in [2.45, 2.75) is 45.5 Å². The van der Waals surface area contributed by atoms with Gasteiger partial charge in [0, 0.05) is 42.5 Å². The highest BCUT2D eigenvalue weighted by molar-refractivity contribution is 7.88. The number of aromatic nitrogens is 1. The topological polar surface area (TPSA) is 97.7 Å². The molecule has 2 heterocycles. The van der Waals surface area contributed by atoms with Gasteiger partial charge in [0.25, 0.3) is 0 Å². The fourth-order valence-electron chi connectivity index (χ4n) is 5.27. The molecule has 0 aliphatic rings. The Labute approximate surface area is 282 Å². The molecule has 0 fully saturated rings. The number of fused-ring (bicyclic) bond motifs is 1. The molecule has 1 N–H and O–H groups in total. The van der Waals surface area contributed by atoms with Crippen molar-refractivity contribution in [1.29, 1.82) is 0 Å². The molecule has 2 aromatic heterocycles. The summed E-state index contributed by atoms with van der Waals surface area (Å²) in [6.45, 7) is 7.03. The first-order valence-electron chi connectivity index (χ1n) is 15.3. The fourth-order valence-corrected chi connectivity index (χ4v) is 7.54. The molecule has 12 heteroatoms. The largest absolute Gasteiger partial charge is 0.380 e. The van der Waals surface area contributed by atoms with Crippen molar-refractivity contribution in [3.8, 4) is 16.2 Å². The van der Waals surface area contributed by atoms with Crippen molar-refractivity contribution >= 4 is 43.3 Å². The van der Waals surface area contributed by atoms with Crippen LogP contribution in [0.3, 0.4) is 0 Å². The van der Waals surface area contributed by atoms with Crippen LogP contribution in [0, 0.1) is 17.6 Å². The maximum Gasteiger partial charge on any atom is 0.315 e. The van der Waals surface area contributed by atoms with Gasteiger partial charge in [-0.1, -0.05) is 62.4 Å². The molecule has 0 spiro atoms. The number of hydrogen-bond donors (Lipinski definition) is 1. The first-order chi connectivity index (χ1) is 22.7. The minimum atomic E-state index is -4.39. The summed E-state index contributed by atoms with van der Waals surface area (Å²) in [5, 5.41) is 2.79. The van der Waals surface area contributed by atoms with Gasteiger partial charge in [-0.05, 0) is 56.3 Å². The SMILES string of the molecule is CC(C)C(=O)Nc1ccc(-c2sc3c(c2OS(=O)(=O)C(C)(C)CN(C)Cc2ccccc2)c(=O)ccn3Cc2c(F)cccc2F)cc1. The number of benzene rings is 3. The summed E-state index contributed by atoms with van der Waals surface area (Å²) in [6, 6.07) is 21.1. The van der Waals surface area contributed by atoms with Gasteiger partial charge in [0.1, 0.15) is 26.6 Å². The zero-order chi connectivity index (χ0) is 34.8. The number of carbonyl (C=O) groups excluding carboxylic acids is 1. The van der Waals surface area contributed by atoms with Crippen LogP contribution in [-0.4, -0.2) is 42.1 Å². The van der Waals surface area contributed by atoms with E-state index in [0.717, 1.165) is 29.0 Å². The van der Waals surface area contributed by atoms with Crippen molar-refractivity contribution in [3.05, 3.63) is 118 Å². The molecule has 252 valence electrons. The summed E-state index contributed by atoms with van der Waals surface area (Å²) in [4.78, 5) is 28.2. The van der Waals surface area contributed by atoms with Gasteiger partial charge >= 0.3 is 10.1 Å². The molecule has 0 bridgehead atoms. The lowest BCUT2D eigenvalue weighted by Crippen LogP contribution is -2.45. The average Bonchev–Trinajstić information content (AvgIpc) is 3.40. The standard InChI is InChI=1S/C36H37F2N3O5S2/c1-23(2)34(43)39-26-16-14-25(15-17-26)33-32(46-48(44,45)36(3,4)22-40(5)20-24-10-7-6-8-11-24)31-30(42)18-19-41(35(31)47-33)21-27-28(37)12-9-13-29(27)38/h6-19,23H,20-22H2,1-5H3,(H,39,43). The van der Waals surface area contributed by atoms with E-state index in [1.165, 1.54) is 22.9 Å². The number of carbonyl (C=O) groups is 1. The molecular formula is C36H37F2N3O5S2. The van der Waals surface area contributed by atoms with Crippen LogP contribution >= 0.6 is 11.3 Å². The van der Waals surface area contributed by atoms with Gasteiger partial charge in [0.15, 0.2) is 11.2 Å². The second-order valence-electron chi connectivity index (χ2n) is 12.6. The average molecular weight is 694 g/mol. The smallest absolute Gasteiger partial charge is 0.315 e. The van der Waals surface area contributed by atoms with Crippen LogP contribution < -0.4 is 14.9 Å². The summed E-state index contributed by atoms with van der Waals surface area (Å²) in [6.07, 6.45) is 1.42. The number of hydrogen-bond acceptors (Lipinski definition) is 7. The van der Waals surface area contributed by atoms with Crippen molar-refractivity contribution in [2.24, 2.45) is 5.92 Å².